The van der Waals surface area contributed by atoms with Crippen LogP contribution in [0.1, 0.15) is 0 Å². The highest BCUT2D eigenvalue weighted by molar-refractivity contribution is 6.03. The number of nitrogens with zero attached hydrogens (tertiary/aromatic N) is 2. The van der Waals surface area contributed by atoms with Crippen LogP contribution in [0.5, 0.6) is 0 Å². The Balaban J connectivity index is 0.00000144. The molecule has 3 nitrogen and oxygen atoms in total. The summed E-state index contributed by atoms with van der Waals surface area (Å²) >= 11 is 0. The van der Waals surface area contributed by atoms with Crippen molar-refractivity contribution < 1.29 is 16.8 Å². The Morgan fingerprint density at radius 3 is 2.59 bits per heavy atom. The highest BCUT2D eigenvalue weighted by Crippen LogP contribution is 2.28. The molecule has 0 spiro atoms. The second kappa shape index (κ2) is 5.43. The van der Waals surface area contributed by atoms with Crippen LogP contribution in [0.3, 0.4) is 0 Å². The smallest absolute Gasteiger partial charge is 0.203 e. The summed E-state index contributed by atoms with van der Waals surface area (Å²) in [5, 5.41) is 3.41. The first-order chi connectivity index (χ1) is 10.2. The van der Waals surface area contributed by atoms with Gasteiger partial charge in [0.05, 0.1) is 18.5 Å². The van der Waals surface area contributed by atoms with Gasteiger partial charge in [0.25, 0.3) is 0 Å². The molecule has 1 heterocycles. The van der Waals surface area contributed by atoms with Crippen molar-refractivity contribution >= 4 is 21.9 Å². The lowest BCUT2D eigenvalue weighted by atomic mass is 10.1. The molecule has 1 aliphatic heterocycles. The van der Waals surface area contributed by atoms with Crippen molar-refractivity contribution in [2.24, 2.45) is 0 Å². The summed E-state index contributed by atoms with van der Waals surface area (Å²) in [5.41, 5.74) is 2.61. The van der Waals surface area contributed by atoms with Gasteiger partial charge in [0.2, 0.25) is 5.36 Å². The van der Waals surface area contributed by atoms with Crippen molar-refractivity contribution in [3.63, 3.8) is 0 Å². The van der Waals surface area contributed by atoms with E-state index in [0.717, 1.165) is 33.3 Å². The second-order valence-electron chi connectivity index (χ2n) is 5.39. The molecule has 0 fully saturated rings. The molecular formula is C18H17ClN2O+2. The van der Waals surface area contributed by atoms with E-state index >= 15 is 0 Å². The van der Waals surface area contributed by atoms with Crippen LogP contribution in [0.25, 0.3) is 33.3 Å². The minimum atomic E-state index is 0. The van der Waals surface area contributed by atoms with E-state index in [9.17, 15) is 0 Å². The van der Waals surface area contributed by atoms with E-state index in [-0.39, 0.29) is 12.4 Å². The largest absolute Gasteiger partial charge is 0.453 e. The quantitative estimate of drug-likeness (QED) is 0.284. The zero-order valence-corrected chi connectivity index (χ0v) is 13.3. The predicted molar refractivity (Wildman–Crippen MR) is 88.0 cm³/mol. The van der Waals surface area contributed by atoms with Gasteiger partial charge in [-0.15, -0.1) is 0 Å². The topological polar surface area (TPSA) is 29.0 Å². The summed E-state index contributed by atoms with van der Waals surface area (Å²) in [4.78, 5) is 4.79. The summed E-state index contributed by atoms with van der Waals surface area (Å²) in [5.74, 6) is 0.809. The van der Waals surface area contributed by atoms with Gasteiger partial charge in [-0.25, -0.2) is 9.56 Å². The Hall–Kier alpha value is -2.39. The fourth-order valence-electron chi connectivity index (χ4n) is 2.63. The molecule has 2 aliphatic rings. The number of hydrogen-bond donors (Lipinski definition) is 0. The van der Waals surface area contributed by atoms with Crippen molar-refractivity contribution in [2.75, 3.05) is 14.1 Å². The maximum absolute atomic E-state index is 6.06. The molecule has 0 aromatic heterocycles. The lowest BCUT2D eigenvalue weighted by molar-refractivity contribution is -0.00000470. The molecule has 22 heavy (non-hydrogen) atoms. The Morgan fingerprint density at radius 2 is 1.77 bits per heavy atom. The zero-order chi connectivity index (χ0) is 14.4. The number of benzene rings is 3. The van der Waals surface area contributed by atoms with E-state index in [1.54, 1.807) is 0 Å². The van der Waals surface area contributed by atoms with Crippen molar-refractivity contribution in [3.8, 4) is 11.5 Å². The molecule has 2 aromatic rings. The van der Waals surface area contributed by atoms with Crippen LogP contribution in [0.15, 0.2) is 59.0 Å². The van der Waals surface area contributed by atoms with E-state index in [1.807, 2.05) is 44.4 Å². The van der Waals surface area contributed by atoms with Gasteiger partial charge in [0.15, 0.2) is 11.3 Å². The minimum absolute atomic E-state index is 0. The number of hydrogen-bond acceptors (Lipinski definition) is 2. The fraction of sp³-hybridized carbons (Fsp3) is 0.111. The van der Waals surface area contributed by atoms with Gasteiger partial charge in [0, 0.05) is 11.5 Å². The third-order valence-corrected chi connectivity index (χ3v) is 3.78. The summed E-state index contributed by atoms with van der Waals surface area (Å²) in [6.07, 6.45) is 0. The van der Waals surface area contributed by atoms with Gasteiger partial charge < -0.3 is 4.42 Å². The van der Waals surface area contributed by atoms with Crippen LogP contribution < -0.4 is 9.93 Å². The molecule has 1 aliphatic carbocycles. The van der Waals surface area contributed by atoms with Crippen LogP contribution in [-0.2, 0) is 0 Å². The number of halogens is 1. The molecule has 4 rings (SSSR count). The summed E-state index contributed by atoms with van der Waals surface area (Å²) in [6, 6.07) is 18.4. The number of rotatable bonds is 0. The maximum Gasteiger partial charge on any atom is 0.203 e. The van der Waals surface area contributed by atoms with E-state index < -0.39 is 0 Å². The average molecular weight is 313 g/mol. The third-order valence-electron chi connectivity index (χ3n) is 3.78. The molecule has 2 aromatic carbocycles. The van der Waals surface area contributed by atoms with Gasteiger partial charge in [0.1, 0.15) is 25.3 Å². The summed E-state index contributed by atoms with van der Waals surface area (Å²) < 4.78 is 8.11. The highest BCUT2D eigenvalue weighted by atomic mass is 35.5. The number of aromatic nitrogens is 1. The second-order valence-corrected chi connectivity index (χ2v) is 5.39. The van der Waals surface area contributed by atoms with E-state index in [1.165, 1.54) is 5.39 Å². The first kappa shape index (κ1) is 14.5. The zero-order valence-electron chi connectivity index (χ0n) is 12.4. The Kier molecular flexibility index (Phi) is 3.59. The molecule has 0 saturated carbocycles. The average Bonchev–Trinajstić information content (AvgIpc) is 2.52. The molecule has 0 bridgehead atoms. The van der Waals surface area contributed by atoms with E-state index in [2.05, 4.69) is 28.8 Å². The van der Waals surface area contributed by atoms with Crippen LogP contribution in [0, 0.1) is 12.4 Å². The molecule has 0 unspecified atom stereocenters. The fourth-order valence-corrected chi connectivity index (χ4v) is 2.63. The van der Waals surface area contributed by atoms with Crippen molar-refractivity contribution in [2.45, 2.75) is 0 Å². The van der Waals surface area contributed by atoms with Gasteiger partial charge in [-0.2, -0.15) is 0 Å². The van der Waals surface area contributed by atoms with Gasteiger partial charge in [-0.05, 0) is 17.5 Å². The molecule has 0 radical (unpaired) electrons. The van der Waals surface area contributed by atoms with Gasteiger partial charge in [-0.3, -0.25) is 0 Å². The predicted octanol–water partition coefficient (Wildman–Crippen LogP) is 2.58. The van der Waals surface area contributed by atoms with Crippen LogP contribution in [0.4, 0.5) is 0 Å². The van der Waals surface area contributed by atoms with E-state index in [0.29, 0.717) is 0 Å². The highest BCUT2D eigenvalue weighted by Gasteiger charge is 2.12. The monoisotopic (exact) mass is 312 g/mol. The standard InChI is InChI=1S/C18H15N2O.ClH2/c1-20(2)13-8-9-15-17(11-13)21-16-10-7-12-5-3-4-6-14(12)18(16)19-15;/h3-11H,1-2H3;1H2/q2*+1. The molecular weight excluding hydrogens is 296 g/mol. The van der Waals surface area contributed by atoms with Crippen LogP contribution in [-0.4, -0.2) is 19.1 Å². The first-order valence-corrected chi connectivity index (χ1v) is 6.95. The molecule has 0 amide bonds. The maximum atomic E-state index is 6.06. The minimum Gasteiger partial charge on any atom is -0.453 e. The lowest BCUT2D eigenvalue weighted by Crippen LogP contribution is -2.21. The molecule has 0 N–H and O–H groups in total. The normalized spacial score (nSPS) is 10.8. The van der Waals surface area contributed by atoms with Gasteiger partial charge in [-0.1, -0.05) is 30.3 Å². The molecule has 110 valence electrons. The summed E-state index contributed by atoms with van der Waals surface area (Å²) in [7, 11) is 4.03. The van der Waals surface area contributed by atoms with Crippen LogP contribution in [0.2, 0.25) is 0 Å². The third kappa shape index (κ3) is 2.24. The molecule has 0 saturated heterocycles. The summed E-state index contributed by atoms with van der Waals surface area (Å²) in [6.45, 7) is 0. The van der Waals surface area contributed by atoms with Crippen molar-refractivity contribution in [1.29, 1.82) is 0 Å². The van der Waals surface area contributed by atoms with Gasteiger partial charge >= 0.3 is 0 Å². The molecule has 4 heteroatoms. The van der Waals surface area contributed by atoms with Crippen molar-refractivity contribution in [3.05, 3.63) is 60.0 Å². The lowest BCUT2D eigenvalue weighted by Gasteiger charge is -2.07. The Labute approximate surface area is 134 Å². The van der Waals surface area contributed by atoms with E-state index in [4.69, 9.17) is 9.40 Å². The van der Waals surface area contributed by atoms with Crippen LogP contribution >= 0.6 is 0 Å². The number of fused-ring (bicyclic) bond motifs is 4. The van der Waals surface area contributed by atoms with Crippen molar-refractivity contribution in [1.82, 2.24) is 9.56 Å². The Bertz CT molecular complexity index is 1020. The first-order valence-electron chi connectivity index (χ1n) is 6.95. The SMILES string of the molecule is C[N+](C)=c1ccc2nc3c(ccc4ccccc43)oc-2c1.[ClH2+]. The Morgan fingerprint density at radius 1 is 0.955 bits per heavy atom. The molecule has 0 atom stereocenters.